The van der Waals surface area contributed by atoms with Crippen LogP contribution in [-0.2, 0) is 0 Å². The van der Waals surface area contributed by atoms with Crippen molar-refractivity contribution >= 4 is 40.5 Å². The minimum Gasteiger partial charge on any atom is -0.393 e. The quantitative estimate of drug-likeness (QED) is 0.519. The molecule has 8 nitrogen and oxygen atoms in total. The van der Waals surface area contributed by atoms with Crippen LogP contribution >= 0.6 is 11.6 Å². The minimum atomic E-state index is -0.351. The Morgan fingerprint density at radius 3 is 2.56 bits per heavy atom. The molecule has 0 bridgehead atoms. The minimum absolute atomic E-state index is 0.253. The van der Waals surface area contributed by atoms with Crippen molar-refractivity contribution < 1.29 is 4.79 Å². The fourth-order valence-corrected chi connectivity index (χ4v) is 2.08. The summed E-state index contributed by atoms with van der Waals surface area (Å²) in [4.78, 5) is 24.2. The van der Waals surface area contributed by atoms with Crippen LogP contribution in [0.25, 0.3) is 0 Å². The van der Waals surface area contributed by atoms with E-state index < -0.39 is 0 Å². The molecule has 0 aliphatic heterocycles. The van der Waals surface area contributed by atoms with Gasteiger partial charge in [-0.15, -0.1) is 0 Å². The Morgan fingerprint density at radius 2 is 1.84 bits per heavy atom. The zero-order valence-electron chi connectivity index (χ0n) is 12.9. The molecule has 5 N–H and O–H groups in total. The Kier molecular flexibility index (Phi) is 4.91. The number of benzene rings is 1. The van der Waals surface area contributed by atoms with Gasteiger partial charge in [0.25, 0.3) is 5.91 Å². The summed E-state index contributed by atoms with van der Waals surface area (Å²) in [5, 5.41) is 3.58. The van der Waals surface area contributed by atoms with Crippen molar-refractivity contribution in [1.82, 2.24) is 20.4 Å². The highest BCUT2D eigenvalue weighted by atomic mass is 35.5. The molecule has 3 rings (SSSR count). The highest BCUT2D eigenvalue weighted by Crippen LogP contribution is 2.24. The van der Waals surface area contributed by atoms with E-state index in [2.05, 4.69) is 31.1 Å². The molecule has 0 fully saturated rings. The summed E-state index contributed by atoms with van der Waals surface area (Å²) in [6.45, 7) is 0. The van der Waals surface area contributed by atoms with E-state index in [1.807, 2.05) is 6.07 Å². The molecular weight excluding hydrogens is 342 g/mol. The van der Waals surface area contributed by atoms with Crippen molar-refractivity contribution in [1.29, 1.82) is 0 Å². The number of anilines is 4. The molecule has 1 amide bonds. The molecule has 1 aromatic carbocycles. The summed E-state index contributed by atoms with van der Waals surface area (Å²) in [5.74, 6) is 0.311. The predicted octanol–water partition coefficient (Wildman–Crippen LogP) is 2.61. The zero-order chi connectivity index (χ0) is 17.6. The number of aromatic nitrogens is 3. The van der Waals surface area contributed by atoms with E-state index in [-0.39, 0.29) is 17.4 Å². The summed E-state index contributed by atoms with van der Waals surface area (Å²) in [7, 11) is 0. The van der Waals surface area contributed by atoms with E-state index in [1.165, 1.54) is 6.33 Å². The summed E-state index contributed by atoms with van der Waals surface area (Å²) >= 11 is 5.80. The second-order valence-corrected chi connectivity index (χ2v) is 5.37. The van der Waals surface area contributed by atoms with E-state index in [9.17, 15) is 4.79 Å². The van der Waals surface area contributed by atoms with Gasteiger partial charge in [-0.3, -0.25) is 20.6 Å². The maximum atomic E-state index is 12.1. The van der Waals surface area contributed by atoms with Crippen LogP contribution in [0, 0.1) is 0 Å². The summed E-state index contributed by atoms with van der Waals surface area (Å²) in [5.41, 5.74) is 12.7. The monoisotopic (exact) mass is 355 g/mol. The van der Waals surface area contributed by atoms with Gasteiger partial charge in [0.15, 0.2) is 11.6 Å². The Balaban J connectivity index is 1.69. The van der Waals surface area contributed by atoms with Crippen LogP contribution in [0.4, 0.5) is 23.0 Å². The van der Waals surface area contributed by atoms with Crippen LogP contribution < -0.4 is 21.9 Å². The number of pyridine rings is 1. The Hall–Kier alpha value is -3.39. The number of hydrazine groups is 1. The number of rotatable bonds is 5. The van der Waals surface area contributed by atoms with Crippen molar-refractivity contribution in [2.24, 2.45) is 0 Å². The first-order valence-electron chi connectivity index (χ1n) is 7.23. The molecule has 9 heteroatoms. The second kappa shape index (κ2) is 7.45. The summed E-state index contributed by atoms with van der Waals surface area (Å²) in [6, 6.07) is 10.1. The third-order valence-corrected chi connectivity index (χ3v) is 3.46. The van der Waals surface area contributed by atoms with Crippen molar-refractivity contribution in [3.8, 4) is 0 Å². The normalized spacial score (nSPS) is 10.1. The first-order valence-corrected chi connectivity index (χ1v) is 7.61. The van der Waals surface area contributed by atoms with Crippen LogP contribution in [0.2, 0.25) is 5.02 Å². The highest BCUT2D eigenvalue weighted by Gasteiger charge is 2.10. The Labute approximate surface area is 148 Å². The van der Waals surface area contributed by atoms with Crippen LogP contribution in [0.1, 0.15) is 10.4 Å². The molecule has 0 atom stereocenters. The number of hydrogen-bond donors (Lipinski definition) is 4. The number of carbonyl (C=O) groups is 1. The molecule has 0 radical (unpaired) electrons. The predicted molar refractivity (Wildman–Crippen MR) is 96.5 cm³/mol. The van der Waals surface area contributed by atoms with Gasteiger partial charge >= 0.3 is 0 Å². The molecule has 2 heterocycles. The largest absolute Gasteiger partial charge is 0.393 e. The Morgan fingerprint density at radius 1 is 1.08 bits per heavy atom. The van der Waals surface area contributed by atoms with Crippen molar-refractivity contribution in [3.63, 3.8) is 0 Å². The van der Waals surface area contributed by atoms with E-state index in [1.54, 1.807) is 42.7 Å². The maximum Gasteiger partial charge on any atom is 0.269 e. The average molecular weight is 356 g/mol. The lowest BCUT2D eigenvalue weighted by molar-refractivity contribution is 0.0962. The van der Waals surface area contributed by atoms with Gasteiger partial charge in [-0.25, -0.2) is 9.97 Å². The lowest BCUT2D eigenvalue weighted by Crippen LogP contribution is -2.30. The second-order valence-electron chi connectivity index (χ2n) is 4.94. The Bertz CT molecular complexity index is 871. The molecule has 126 valence electrons. The molecule has 0 aliphatic rings. The molecule has 0 saturated carbocycles. The number of halogens is 1. The van der Waals surface area contributed by atoms with Crippen molar-refractivity contribution in [3.05, 3.63) is 65.7 Å². The smallest absolute Gasteiger partial charge is 0.269 e. The summed E-state index contributed by atoms with van der Waals surface area (Å²) in [6.07, 6.45) is 4.62. The van der Waals surface area contributed by atoms with Gasteiger partial charge in [-0.05, 0) is 36.4 Å². The van der Waals surface area contributed by atoms with E-state index in [0.717, 1.165) is 5.69 Å². The van der Waals surface area contributed by atoms with Crippen LogP contribution in [0.5, 0.6) is 0 Å². The van der Waals surface area contributed by atoms with Gasteiger partial charge in [-0.2, -0.15) is 0 Å². The van der Waals surface area contributed by atoms with E-state index in [0.29, 0.717) is 16.4 Å². The van der Waals surface area contributed by atoms with E-state index >= 15 is 0 Å². The zero-order valence-corrected chi connectivity index (χ0v) is 13.7. The van der Waals surface area contributed by atoms with Gasteiger partial charge in [0.2, 0.25) is 0 Å². The van der Waals surface area contributed by atoms with Crippen molar-refractivity contribution in [2.75, 3.05) is 16.5 Å². The van der Waals surface area contributed by atoms with Gasteiger partial charge in [0.1, 0.15) is 12.0 Å². The third-order valence-electron chi connectivity index (χ3n) is 3.21. The molecule has 3 aromatic rings. The number of nitrogen functional groups attached to an aromatic ring is 1. The highest BCUT2D eigenvalue weighted by molar-refractivity contribution is 6.30. The first-order chi connectivity index (χ1) is 12.1. The molecule has 25 heavy (non-hydrogen) atoms. The fourth-order valence-electron chi connectivity index (χ4n) is 1.96. The number of nitrogens with one attached hydrogen (secondary N) is 3. The average Bonchev–Trinajstić information content (AvgIpc) is 2.63. The molecule has 0 unspecified atom stereocenters. The van der Waals surface area contributed by atoms with Crippen LogP contribution in [0.15, 0.2) is 55.1 Å². The lowest BCUT2D eigenvalue weighted by Gasteiger charge is -2.13. The molecule has 0 aliphatic carbocycles. The standard InChI is InChI=1S/C16H14ClN7O/c17-11-5-3-10(4-6-11)16(25)24-23-15-13(18)14(20-9-21-15)22-12-2-1-7-19-8-12/h1-9H,18H2,(H,24,25)(H2,20,21,22,23). The van der Waals surface area contributed by atoms with E-state index in [4.69, 9.17) is 17.3 Å². The molecule has 2 aromatic heterocycles. The van der Waals surface area contributed by atoms with Crippen LogP contribution in [-0.4, -0.2) is 20.9 Å². The topological polar surface area (TPSA) is 118 Å². The summed E-state index contributed by atoms with van der Waals surface area (Å²) < 4.78 is 0. The number of hydrogen-bond acceptors (Lipinski definition) is 7. The van der Waals surface area contributed by atoms with Crippen molar-refractivity contribution in [2.45, 2.75) is 0 Å². The lowest BCUT2D eigenvalue weighted by atomic mass is 10.2. The van der Waals surface area contributed by atoms with Gasteiger partial charge in [0.05, 0.1) is 11.9 Å². The molecular formula is C16H14ClN7O. The third kappa shape index (κ3) is 4.12. The van der Waals surface area contributed by atoms with Gasteiger partial charge in [-0.1, -0.05) is 11.6 Å². The molecule has 0 spiro atoms. The van der Waals surface area contributed by atoms with Crippen LogP contribution in [0.3, 0.4) is 0 Å². The molecule has 0 saturated heterocycles. The maximum absolute atomic E-state index is 12.1. The SMILES string of the molecule is Nc1c(NNC(=O)c2ccc(Cl)cc2)ncnc1Nc1cccnc1. The number of carbonyl (C=O) groups excluding carboxylic acids is 1. The number of amides is 1. The number of nitrogens with two attached hydrogens (primary N) is 1. The fraction of sp³-hybridized carbons (Fsp3) is 0. The van der Waals surface area contributed by atoms with Gasteiger partial charge in [0, 0.05) is 16.8 Å². The number of nitrogens with zero attached hydrogens (tertiary/aromatic N) is 3. The first kappa shape index (κ1) is 16.5. The van der Waals surface area contributed by atoms with Gasteiger partial charge < -0.3 is 11.1 Å².